The van der Waals surface area contributed by atoms with Crippen molar-refractivity contribution in [2.75, 3.05) is 13.2 Å². The average Bonchev–Trinajstić information content (AvgIpc) is 3.34. The number of hydrogen-bond donors (Lipinski definition) is 1. The van der Waals surface area contributed by atoms with Gasteiger partial charge in [0.1, 0.15) is 18.6 Å². The van der Waals surface area contributed by atoms with Crippen LogP contribution in [0.4, 0.5) is 4.79 Å². The minimum Gasteiger partial charge on any atom is -0.463 e. The van der Waals surface area contributed by atoms with Gasteiger partial charge < -0.3 is 14.2 Å². The molecule has 2 aliphatic heterocycles. The monoisotopic (exact) mass is 450 g/mol. The van der Waals surface area contributed by atoms with E-state index in [1.165, 1.54) is 29.8 Å². The van der Waals surface area contributed by atoms with Crippen LogP contribution < -0.4 is 5.32 Å². The molecule has 1 saturated heterocycles. The molecule has 5 rings (SSSR count). The van der Waals surface area contributed by atoms with Gasteiger partial charge in [0, 0.05) is 12.8 Å². The third-order valence-electron chi connectivity index (χ3n) is 5.61. The van der Waals surface area contributed by atoms with Gasteiger partial charge in [-0.2, -0.15) is 0 Å². The summed E-state index contributed by atoms with van der Waals surface area (Å²) in [6.45, 7) is 1.76. The molecule has 1 fully saturated rings. The van der Waals surface area contributed by atoms with Crippen molar-refractivity contribution >= 4 is 29.0 Å². The maximum Gasteiger partial charge on any atom is 0.413 e. The number of carbonyl (C=O) groups is 2. The van der Waals surface area contributed by atoms with Gasteiger partial charge in [0.15, 0.2) is 5.17 Å². The number of alkyl carbamates (subject to hydrolysis) is 1. The number of hydrogen-bond acceptors (Lipinski definition) is 7. The molecule has 2 aromatic rings. The topological polar surface area (TPSA) is 86.2 Å². The molecular weight excluding hydrogens is 428 g/mol. The van der Waals surface area contributed by atoms with E-state index in [0.717, 1.165) is 11.1 Å². The quantitative estimate of drug-likeness (QED) is 0.715. The number of thioether (sulfide) groups is 1. The van der Waals surface area contributed by atoms with Gasteiger partial charge in [-0.05, 0) is 35.1 Å². The second-order valence-electron chi connectivity index (χ2n) is 7.72. The Labute approximate surface area is 190 Å². The zero-order valence-corrected chi connectivity index (χ0v) is 18.2. The van der Waals surface area contributed by atoms with Gasteiger partial charge in [0.25, 0.3) is 0 Å². The second kappa shape index (κ2) is 8.96. The van der Waals surface area contributed by atoms with Crippen molar-refractivity contribution in [2.45, 2.75) is 30.4 Å². The van der Waals surface area contributed by atoms with E-state index in [9.17, 15) is 9.59 Å². The molecule has 164 valence electrons. The highest BCUT2D eigenvalue weighted by Crippen LogP contribution is 2.44. The summed E-state index contributed by atoms with van der Waals surface area (Å²) in [5.74, 6) is -0.348. The van der Waals surface area contributed by atoms with E-state index >= 15 is 0 Å². The van der Waals surface area contributed by atoms with Crippen LogP contribution in [0.25, 0.3) is 11.1 Å². The van der Waals surface area contributed by atoms with Gasteiger partial charge in [-0.25, -0.2) is 4.79 Å². The van der Waals surface area contributed by atoms with Crippen LogP contribution >= 0.6 is 11.8 Å². The van der Waals surface area contributed by atoms with Crippen LogP contribution in [0.2, 0.25) is 0 Å². The van der Waals surface area contributed by atoms with Crippen LogP contribution in [0.1, 0.15) is 24.0 Å². The first kappa shape index (κ1) is 21.0. The Bertz CT molecular complexity index is 1030. The minimum atomic E-state index is -0.544. The fourth-order valence-electron chi connectivity index (χ4n) is 4.18. The normalized spacial score (nSPS) is 23.5. The SMILES string of the molecule is CC(=O)OCC1[CH][CH]C2N=C(NC(=O)OCC3c4ccccc4-c4ccccc43)SC2O1. The Balaban J connectivity index is 1.16. The lowest BCUT2D eigenvalue weighted by Gasteiger charge is -2.29. The van der Waals surface area contributed by atoms with Crippen molar-refractivity contribution in [1.29, 1.82) is 0 Å². The minimum absolute atomic E-state index is 0.00204. The molecule has 3 aliphatic rings. The molecule has 0 bridgehead atoms. The third-order valence-corrected chi connectivity index (χ3v) is 6.66. The van der Waals surface area contributed by atoms with Crippen LogP contribution in [0.5, 0.6) is 0 Å². The fourth-order valence-corrected chi connectivity index (χ4v) is 5.22. The molecule has 7 nitrogen and oxygen atoms in total. The summed E-state index contributed by atoms with van der Waals surface area (Å²) in [6.07, 6.45) is 2.86. The Kier molecular flexibility index (Phi) is 5.89. The third kappa shape index (κ3) is 4.25. The van der Waals surface area contributed by atoms with E-state index < -0.39 is 6.09 Å². The Morgan fingerprint density at radius 3 is 2.38 bits per heavy atom. The summed E-state index contributed by atoms with van der Waals surface area (Å²) < 4.78 is 16.5. The Morgan fingerprint density at radius 2 is 1.69 bits per heavy atom. The summed E-state index contributed by atoms with van der Waals surface area (Å²) in [4.78, 5) is 28.0. The van der Waals surface area contributed by atoms with E-state index in [4.69, 9.17) is 14.2 Å². The lowest BCUT2D eigenvalue weighted by atomic mass is 9.98. The average molecular weight is 451 g/mol. The van der Waals surface area contributed by atoms with E-state index in [2.05, 4.69) is 34.6 Å². The standard InChI is InChI=1S/C24H22N2O5S/c1-14(27)29-12-15-10-11-21-22(31-15)32-23(25-21)26-24(28)30-13-20-18-8-4-2-6-16(18)17-7-3-5-9-19(17)20/h2-11,15,20-22H,12-13H2,1H3,(H,25,26,28). The predicted octanol–water partition coefficient (Wildman–Crippen LogP) is 3.69. The largest absolute Gasteiger partial charge is 0.463 e. The summed E-state index contributed by atoms with van der Waals surface area (Å²) in [5, 5.41) is 3.18. The van der Waals surface area contributed by atoms with Crippen LogP contribution in [-0.2, 0) is 19.0 Å². The van der Waals surface area contributed by atoms with Gasteiger partial charge >= 0.3 is 12.1 Å². The number of esters is 1. The summed E-state index contributed by atoms with van der Waals surface area (Å²) in [6, 6.07) is 16.2. The highest BCUT2D eigenvalue weighted by Gasteiger charge is 2.38. The van der Waals surface area contributed by atoms with Crippen molar-refractivity contribution in [1.82, 2.24) is 5.32 Å². The number of ether oxygens (including phenoxy) is 3. The maximum absolute atomic E-state index is 12.5. The van der Waals surface area contributed by atoms with Gasteiger partial charge in [-0.1, -0.05) is 60.3 Å². The lowest BCUT2D eigenvalue weighted by molar-refractivity contribution is -0.145. The fraction of sp³-hybridized carbons (Fsp3) is 0.292. The number of aliphatic imine (C=N–C) groups is 1. The van der Waals surface area contributed by atoms with Crippen molar-refractivity contribution in [3.05, 3.63) is 72.5 Å². The Morgan fingerprint density at radius 1 is 1.00 bits per heavy atom. The van der Waals surface area contributed by atoms with E-state index in [1.54, 1.807) is 0 Å². The molecular formula is C24H22N2O5S. The van der Waals surface area contributed by atoms with Gasteiger partial charge in [0.2, 0.25) is 0 Å². The second-order valence-corrected chi connectivity index (χ2v) is 8.81. The number of nitrogens with zero attached hydrogens (tertiary/aromatic N) is 1. The number of rotatable bonds is 4. The van der Waals surface area contributed by atoms with Crippen LogP contribution in [0.15, 0.2) is 53.5 Å². The molecule has 8 heteroatoms. The summed E-state index contributed by atoms with van der Waals surface area (Å²) >= 11 is 1.32. The number of nitrogens with one attached hydrogen (secondary N) is 1. The Hall–Kier alpha value is -2.84. The molecule has 32 heavy (non-hydrogen) atoms. The zero-order chi connectivity index (χ0) is 22.1. The van der Waals surface area contributed by atoms with Crippen molar-refractivity contribution in [3.8, 4) is 11.1 Å². The first-order chi connectivity index (χ1) is 15.6. The molecule has 2 radical (unpaired) electrons. The maximum atomic E-state index is 12.5. The van der Waals surface area contributed by atoms with Crippen molar-refractivity contribution < 1.29 is 23.8 Å². The van der Waals surface area contributed by atoms with E-state index in [1.807, 2.05) is 37.1 Å². The highest BCUT2D eigenvalue weighted by molar-refractivity contribution is 8.14. The van der Waals surface area contributed by atoms with Gasteiger partial charge in [0.05, 0.1) is 12.1 Å². The molecule has 0 saturated carbocycles. The lowest BCUT2D eigenvalue weighted by Crippen LogP contribution is -2.37. The molecule has 1 aliphatic carbocycles. The highest BCUT2D eigenvalue weighted by atomic mass is 32.2. The number of amidine groups is 1. The molecule has 1 N–H and O–H groups in total. The van der Waals surface area contributed by atoms with E-state index in [-0.39, 0.29) is 42.7 Å². The van der Waals surface area contributed by atoms with E-state index in [0.29, 0.717) is 5.17 Å². The van der Waals surface area contributed by atoms with Gasteiger partial charge in [-0.3, -0.25) is 15.1 Å². The smallest absolute Gasteiger partial charge is 0.413 e. The molecule has 0 aromatic heterocycles. The molecule has 0 spiro atoms. The molecule has 3 atom stereocenters. The molecule has 2 aromatic carbocycles. The molecule has 1 amide bonds. The van der Waals surface area contributed by atoms with Crippen LogP contribution in [0.3, 0.4) is 0 Å². The summed E-state index contributed by atoms with van der Waals surface area (Å²) in [7, 11) is 0. The summed E-state index contributed by atoms with van der Waals surface area (Å²) in [5.41, 5.74) is 4.42. The number of carbonyl (C=O) groups excluding carboxylic acids is 2. The molecule has 3 unspecified atom stereocenters. The zero-order valence-electron chi connectivity index (χ0n) is 17.4. The predicted molar refractivity (Wildman–Crippen MR) is 121 cm³/mol. The van der Waals surface area contributed by atoms with Crippen molar-refractivity contribution in [3.63, 3.8) is 0 Å². The van der Waals surface area contributed by atoms with Crippen LogP contribution in [-0.4, -0.2) is 48.0 Å². The van der Waals surface area contributed by atoms with Crippen molar-refractivity contribution in [2.24, 2.45) is 4.99 Å². The van der Waals surface area contributed by atoms with Crippen LogP contribution in [0, 0.1) is 12.8 Å². The molecule has 2 heterocycles. The van der Waals surface area contributed by atoms with Gasteiger partial charge in [-0.15, -0.1) is 0 Å². The first-order valence-corrected chi connectivity index (χ1v) is 11.3. The number of amides is 1. The number of benzene rings is 2. The number of fused-ring (bicyclic) bond motifs is 4. The first-order valence-electron chi connectivity index (χ1n) is 10.4.